The number of ketones is 2. The summed E-state index contributed by atoms with van der Waals surface area (Å²) in [5.74, 6) is -1.12. The van der Waals surface area contributed by atoms with E-state index in [1.807, 2.05) is 26.0 Å². The lowest BCUT2D eigenvalue weighted by molar-refractivity contribution is -0.384. The molecule has 0 radical (unpaired) electrons. The summed E-state index contributed by atoms with van der Waals surface area (Å²) in [7, 11) is 0. The van der Waals surface area contributed by atoms with Crippen molar-refractivity contribution in [1.82, 2.24) is 0 Å². The number of nitro groups is 1. The molecule has 0 unspecified atom stereocenters. The number of Topliss-reactive ketones (excluding diaryl/α,β-unsaturated/α-hetero) is 2. The van der Waals surface area contributed by atoms with Gasteiger partial charge >= 0.3 is 0 Å². The number of aryl methyl sites for hydroxylation is 2. The number of hydrogen-bond donors (Lipinski definition) is 0. The first-order chi connectivity index (χ1) is 14.8. The van der Waals surface area contributed by atoms with E-state index in [1.165, 1.54) is 12.1 Å². The van der Waals surface area contributed by atoms with Crippen LogP contribution in [0.3, 0.4) is 0 Å². The maximum absolute atomic E-state index is 13.3. The second-order valence-corrected chi connectivity index (χ2v) is 7.14. The zero-order valence-electron chi connectivity index (χ0n) is 16.7. The van der Waals surface area contributed by atoms with E-state index in [2.05, 4.69) is 0 Å². The average Bonchev–Trinajstić information content (AvgIpc) is 2.74. The number of nitrogens with zero attached hydrogens (tertiary/aromatic N) is 1. The van der Waals surface area contributed by atoms with Gasteiger partial charge in [-0.05, 0) is 55.3 Å². The van der Waals surface area contributed by atoms with E-state index in [0.29, 0.717) is 11.5 Å². The zero-order chi connectivity index (χ0) is 22.1. The van der Waals surface area contributed by atoms with Crippen molar-refractivity contribution in [3.05, 3.63) is 111 Å². The fourth-order valence-corrected chi connectivity index (χ4v) is 3.26. The molecular weight excluding hydrogens is 398 g/mol. The third kappa shape index (κ3) is 3.93. The van der Waals surface area contributed by atoms with Crippen molar-refractivity contribution >= 4 is 17.3 Å². The van der Waals surface area contributed by atoms with Crippen molar-refractivity contribution in [3.63, 3.8) is 0 Å². The van der Waals surface area contributed by atoms with Crippen LogP contribution < -0.4 is 9.47 Å². The number of fused-ring (bicyclic) bond motifs is 1. The number of carbonyl (C=O) groups is 2. The van der Waals surface area contributed by atoms with Crippen LogP contribution in [0.4, 0.5) is 5.69 Å². The quantitative estimate of drug-likeness (QED) is 0.432. The number of rotatable bonds is 5. The summed E-state index contributed by atoms with van der Waals surface area (Å²) in [5.41, 5.74) is 1.43. The van der Waals surface area contributed by atoms with Crippen LogP contribution in [-0.2, 0) is 0 Å². The van der Waals surface area contributed by atoms with Crippen molar-refractivity contribution in [3.8, 4) is 11.5 Å². The van der Waals surface area contributed by atoms with E-state index in [0.717, 1.165) is 17.2 Å². The molecule has 7 heteroatoms. The van der Waals surface area contributed by atoms with E-state index < -0.39 is 16.5 Å². The topological polar surface area (TPSA) is 95.7 Å². The maximum Gasteiger partial charge on any atom is 0.270 e. The SMILES string of the molecule is Cc1cccc(OC2=C(Oc3cccc(C)c3)C(=O)c3cc([N+](=O)[O-])ccc3C2=O)c1. The van der Waals surface area contributed by atoms with Crippen LogP contribution in [0.2, 0.25) is 0 Å². The highest BCUT2D eigenvalue weighted by molar-refractivity contribution is 6.25. The number of non-ortho nitro benzene ring substituents is 1. The summed E-state index contributed by atoms with van der Waals surface area (Å²) in [5, 5.41) is 11.2. The highest BCUT2D eigenvalue weighted by Gasteiger charge is 2.37. The summed E-state index contributed by atoms with van der Waals surface area (Å²) < 4.78 is 11.6. The van der Waals surface area contributed by atoms with Gasteiger partial charge in [0.15, 0.2) is 0 Å². The molecule has 0 aromatic heterocycles. The van der Waals surface area contributed by atoms with Gasteiger partial charge in [0, 0.05) is 23.3 Å². The summed E-state index contributed by atoms with van der Waals surface area (Å²) in [6.07, 6.45) is 0. The smallest absolute Gasteiger partial charge is 0.270 e. The zero-order valence-corrected chi connectivity index (χ0v) is 16.7. The van der Waals surface area contributed by atoms with Crippen LogP contribution in [0.15, 0.2) is 78.2 Å². The lowest BCUT2D eigenvalue weighted by atomic mass is 9.91. The van der Waals surface area contributed by atoms with Crippen LogP contribution >= 0.6 is 0 Å². The largest absolute Gasteiger partial charge is 0.449 e. The number of nitro benzene ring substituents is 1. The predicted molar refractivity (Wildman–Crippen MR) is 112 cm³/mol. The van der Waals surface area contributed by atoms with Gasteiger partial charge in [-0.25, -0.2) is 0 Å². The molecule has 0 aliphatic heterocycles. The van der Waals surface area contributed by atoms with Crippen LogP contribution in [0.25, 0.3) is 0 Å². The van der Waals surface area contributed by atoms with Gasteiger partial charge in [0.2, 0.25) is 23.1 Å². The minimum absolute atomic E-state index is 0.0230. The van der Waals surface area contributed by atoms with Crippen molar-refractivity contribution in [2.45, 2.75) is 13.8 Å². The minimum Gasteiger partial charge on any atom is -0.449 e. The predicted octanol–water partition coefficient (Wildman–Crippen LogP) is 4.96. The summed E-state index contributed by atoms with van der Waals surface area (Å²) in [6.45, 7) is 3.73. The Balaban J connectivity index is 1.85. The Morgan fingerprint density at radius 1 is 0.710 bits per heavy atom. The Kier molecular flexibility index (Phi) is 5.09. The van der Waals surface area contributed by atoms with Gasteiger partial charge in [-0.1, -0.05) is 24.3 Å². The molecule has 3 aromatic carbocycles. The van der Waals surface area contributed by atoms with Crippen molar-refractivity contribution in [2.75, 3.05) is 0 Å². The molecule has 0 spiro atoms. The lowest BCUT2D eigenvalue weighted by Gasteiger charge is -2.21. The van der Waals surface area contributed by atoms with Crippen molar-refractivity contribution in [2.24, 2.45) is 0 Å². The van der Waals surface area contributed by atoms with Crippen LogP contribution in [-0.4, -0.2) is 16.5 Å². The molecule has 0 atom stereocenters. The fourth-order valence-electron chi connectivity index (χ4n) is 3.26. The normalized spacial score (nSPS) is 13.1. The molecule has 154 valence electrons. The van der Waals surface area contributed by atoms with Gasteiger partial charge in [-0.15, -0.1) is 0 Å². The first kappa shape index (κ1) is 20.0. The molecule has 7 nitrogen and oxygen atoms in total. The third-order valence-corrected chi connectivity index (χ3v) is 4.74. The van der Waals surface area contributed by atoms with E-state index in [9.17, 15) is 19.7 Å². The van der Waals surface area contributed by atoms with Gasteiger partial charge in [-0.2, -0.15) is 0 Å². The Morgan fingerprint density at radius 2 is 1.23 bits per heavy atom. The molecule has 1 aliphatic carbocycles. The number of carbonyl (C=O) groups excluding carboxylic acids is 2. The molecule has 1 aliphatic rings. The molecule has 0 saturated carbocycles. The molecule has 0 amide bonds. The van der Waals surface area contributed by atoms with Crippen LogP contribution in [0.5, 0.6) is 11.5 Å². The highest BCUT2D eigenvalue weighted by atomic mass is 16.6. The highest BCUT2D eigenvalue weighted by Crippen LogP contribution is 2.32. The van der Waals surface area contributed by atoms with E-state index in [1.54, 1.807) is 36.4 Å². The van der Waals surface area contributed by atoms with E-state index in [-0.39, 0.29) is 28.3 Å². The molecule has 31 heavy (non-hydrogen) atoms. The molecule has 0 bridgehead atoms. The summed E-state index contributed by atoms with van der Waals surface area (Å²) in [4.78, 5) is 37.0. The van der Waals surface area contributed by atoms with E-state index in [4.69, 9.17) is 9.47 Å². The van der Waals surface area contributed by atoms with Crippen LogP contribution in [0.1, 0.15) is 31.8 Å². The maximum atomic E-state index is 13.3. The Bertz CT molecular complexity index is 1270. The fraction of sp³-hybridized carbons (Fsp3) is 0.0833. The van der Waals surface area contributed by atoms with Crippen molar-refractivity contribution < 1.29 is 24.0 Å². The Hall–Kier alpha value is -4.26. The standard InChI is InChI=1S/C24H17NO6/c1-14-5-3-7-17(11-14)30-23-21(26)19-10-9-16(25(28)29)13-20(19)22(27)24(23)31-18-8-4-6-15(2)12-18/h3-13H,1-2H3. The second-order valence-electron chi connectivity index (χ2n) is 7.14. The monoisotopic (exact) mass is 415 g/mol. The van der Waals surface area contributed by atoms with Gasteiger partial charge in [0.25, 0.3) is 5.69 Å². The number of ether oxygens (including phenoxy) is 2. The number of benzene rings is 3. The van der Waals surface area contributed by atoms with Gasteiger partial charge in [-0.3, -0.25) is 19.7 Å². The summed E-state index contributed by atoms with van der Waals surface area (Å²) in [6, 6.07) is 17.5. The first-order valence-electron chi connectivity index (χ1n) is 9.44. The molecule has 3 aromatic rings. The molecule has 0 N–H and O–H groups in total. The minimum atomic E-state index is -0.664. The first-order valence-corrected chi connectivity index (χ1v) is 9.44. The van der Waals surface area contributed by atoms with E-state index >= 15 is 0 Å². The second kappa shape index (κ2) is 7.87. The lowest BCUT2D eigenvalue weighted by Crippen LogP contribution is -2.28. The average molecular weight is 415 g/mol. The van der Waals surface area contributed by atoms with Gasteiger partial charge < -0.3 is 9.47 Å². The number of hydrogen-bond acceptors (Lipinski definition) is 6. The van der Waals surface area contributed by atoms with Crippen molar-refractivity contribution in [1.29, 1.82) is 0 Å². The third-order valence-electron chi connectivity index (χ3n) is 4.74. The summed E-state index contributed by atoms with van der Waals surface area (Å²) >= 11 is 0. The molecular formula is C24H17NO6. The molecule has 0 fully saturated rings. The molecule has 0 saturated heterocycles. The Morgan fingerprint density at radius 3 is 1.71 bits per heavy atom. The van der Waals surface area contributed by atoms with Gasteiger partial charge in [0.05, 0.1) is 4.92 Å². The van der Waals surface area contributed by atoms with Gasteiger partial charge in [0.1, 0.15) is 11.5 Å². The molecule has 4 rings (SSSR count). The van der Waals surface area contributed by atoms with Crippen LogP contribution in [0, 0.1) is 24.0 Å². The number of allylic oxidation sites excluding steroid dienone is 2. The Labute approximate surface area is 177 Å². The molecule has 0 heterocycles.